The lowest BCUT2D eigenvalue weighted by Crippen LogP contribution is -2.44. The van der Waals surface area contributed by atoms with E-state index in [1.54, 1.807) is 24.3 Å². The number of rotatable bonds is 4. The normalized spacial score (nSPS) is 16.8. The second kappa shape index (κ2) is 5.10. The predicted molar refractivity (Wildman–Crippen MR) is 76.0 cm³/mol. The summed E-state index contributed by atoms with van der Waals surface area (Å²) in [6.07, 6.45) is 6.11. The van der Waals surface area contributed by atoms with Gasteiger partial charge < -0.3 is 10.3 Å². The second-order valence-corrected chi connectivity index (χ2v) is 5.15. The Labute approximate surface area is 120 Å². The Balaban J connectivity index is 1.77. The van der Waals surface area contributed by atoms with E-state index < -0.39 is 10.5 Å². The molecule has 1 saturated carbocycles. The highest BCUT2D eigenvalue weighted by molar-refractivity contribution is 5.67. The van der Waals surface area contributed by atoms with Crippen LogP contribution >= 0.6 is 0 Å². The summed E-state index contributed by atoms with van der Waals surface area (Å²) in [6.45, 7) is 0. The summed E-state index contributed by atoms with van der Waals surface area (Å²) in [6, 6.07) is 6.30. The second-order valence-electron chi connectivity index (χ2n) is 5.15. The van der Waals surface area contributed by atoms with Gasteiger partial charge in [0.15, 0.2) is 5.82 Å². The molecule has 1 aliphatic rings. The highest BCUT2D eigenvalue weighted by atomic mass is 16.6. The number of nitrogens with two attached hydrogens (primary N) is 1. The van der Waals surface area contributed by atoms with Crippen molar-refractivity contribution in [1.82, 2.24) is 10.1 Å². The van der Waals surface area contributed by atoms with Crippen molar-refractivity contribution >= 4 is 17.8 Å². The maximum absolute atomic E-state index is 10.7. The van der Waals surface area contributed by atoms with E-state index in [4.69, 9.17) is 10.3 Å². The van der Waals surface area contributed by atoms with Crippen molar-refractivity contribution < 1.29 is 9.45 Å². The average Bonchev–Trinajstić information content (AvgIpc) is 2.92. The minimum atomic E-state index is -0.457. The van der Waals surface area contributed by atoms with E-state index in [-0.39, 0.29) is 5.69 Å². The molecule has 3 rings (SSSR count). The van der Waals surface area contributed by atoms with Gasteiger partial charge in [-0.2, -0.15) is 4.98 Å². The lowest BCUT2D eigenvalue weighted by Gasteiger charge is -2.34. The summed E-state index contributed by atoms with van der Waals surface area (Å²) < 4.78 is 5.12. The Hall–Kier alpha value is -2.54. The molecule has 1 aliphatic carbocycles. The van der Waals surface area contributed by atoms with Crippen LogP contribution in [0.3, 0.4) is 0 Å². The summed E-state index contributed by atoms with van der Waals surface area (Å²) in [7, 11) is 0. The van der Waals surface area contributed by atoms with E-state index in [2.05, 4.69) is 10.1 Å². The fourth-order valence-electron chi connectivity index (χ4n) is 2.20. The number of nitrogens with zero attached hydrogens (tertiary/aromatic N) is 3. The molecule has 2 aromatic rings. The number of nitro benzene ring substituents is 1. The summed E-state index contributed by atoms with van der Waals surface area (Å²) in [5.41, 5.74) is 6.39. The molecule has 108 valence electrons. The van der Waals surface area contributed by atoms with Crippen molar-refractivity contribution in [3.05, 3.63) is 51.7 Å². The lowest BCUT2D eigenvalue weighted by molar-refractivity contribution is -0.384. The van der Waals surface area contributed by atoms with E-state index in [9.17, 15) is 10.1 Å². The van der Waals surface area contributed by atoms with Gasteiger partial charge in [0.2, 0.25) is 0 Å². The van der Waals surface area contributed by atoms with Crippen molar-refractivity contribution in [3.8, 4) is 0 Å². The largest absolute Gasteiger partial charge is 0.335 e. The molecule has 0 amide bonds. The first kappa shape index (κ1) is 13.4. The molecular weight excluding hydrogens is 272 g/mol. The van der Waals surface area contributed by atoms with Crippen LogP contribution in [0.4, 0.5) is 5.69 Å². The number of aromatic nitrogens is 2. The topological polar surface area (TPSA) is 108 Å². The molecule has 0 unspecified atom stereocenters. The van der Waals surface area contributed by atoms with Crippen molar-refractivity contribution in [2.75, 3.05) is 0 Å². The van der Waals surface area contributed by atoms with Crippen molar-refractivity contribution in [2.24, 2.45) is 5.73 Å². The number of benzene rings is 1. The molecule has 0 bridgehead atoms. The maximum Gasteiger partial charge on any atom is 0.270 e. The molecule has 2 N–H and O–H groups in total. The zero-order valence-electron chi connectivity index (χ0n) is 11.2. The first-order chi connectivity index (χ1) is 10.1. The maximum atomic E-state index is 10.7. The lowest BCUT2D eigenvalue weighted by atomic mass is 9.77. The summed E-state index contributed by atoms with van der Waals surface area (Å²) in [5, 5.41) is 14.6. The van der Waals surface area contributed by atoms with Gasteiger partial charge in [-0.15, -0.1) is 0 Å². The zero-order chi connectivity index (χ0) is 14.9. The molecule has 1 heterocycles. The summed E-state index contributed by atoms with van der Waals surface area (Å²) >= 11 is 0. The molecule has 7 nitrogen and oxygen atoms in total. The number of hydrogen-bond acceptors (Lipinski definition) is 6. The van der Waals surface area contributed by atoms with Crippen LogP contribution in [0.2, 0.25) is 0 Å². The van der Waals surface area contributed by atoms with Crippen LogP contribution < -0.4 is 5.73 Å². The molecule has 21 heavy (non-hydrogen) atoms. The van der Waals surface area contributed by atoms with Gasteiger partial charge in [0.05, 0.1) is 10.5 Å². The Morgan fingerprint density at radius 2 is 2.19 bits per heavy atom. The highest BCUT2D eigenvalue weighted by Gasteiger charge is 2.38. The van der Waals surface area contributed by atoms with Gasteiger partial charge >= 0.3 is 0 Å². The standard InChI is InChI=1S/C14H14N4O3/c15-14(7-2-8-14)13-16-12(21-17-13)6-5-10-3-1-4-11(9-10)18(19)20/h1,3-6,9H,2,7-8,15H2/b6-5+. The van der Waals surface area contributed by atoms with Crippen molar-refractivity contribution in [1.29, 1.82) is 0 Å². The summed E-state index contributed by atoms with van der Waals surface area (Å²) in [4.78, 5) is 14.5. The predicted octanol–water partition coefficient (Wildman–Crippen LogP) is 2.49. The fourth-order valence-corrected chi connectivity index (χ4v) is 2.20. The van der Waals surface area contributed by atoms with Crippen molar-refractivity contribution in [2.45, 2.75) is 24.8 Å². The van der Waals surface area contributed by atoms with E-state index >= 15 is 0 Å². The molecule has 7 heteroatoms. The van der Waals surface area contributed by atoms with Gasteiger partial charge in [-0.25, -0.2) is 0 Å². The minimum Gasteiger partial charge on any atom is -0.335 e. The summed E-state index contributed by atoms with van der Waals surface area (Å²) in [5.74, 6) is 0.862. The van der Waals surface area contributed by atoms with Gasteiger partial charge in [0.1, 0.15) is 0 Å². The van der Waals surface area contributed by atoms with E-state index in [0.717, 1.165) is 19.3 Å². The fraction of sp³-hybridized carbons (Fsp3) is 0.286. The quantitative estimate of drug-likeness (QED) is 0.683. The Kier molecular flexibility index (Phi) is 3.26. The zero-order valence-corrected chi connectivity index (χ0v) is 11.2. The van der Waals surface area contributed by atoms with E-state index in [1.165, 1.54) is 12.1 Å². The smallest absolute Gasteiger partial charge is 0.270 e. The van der Waals surface area contributed by atoms with Crippen LogP contribution in [0.1, 0.15) is 36.5 Å². The molecular formula is C14H14N4O3. The van der Waals surface area contributed by atoms with E-state index in [1.807, 2.05) is 0 Å². The minimum absolute atomic E-state index is 0.0405. The third-order valence-electron chi connectivity index (χ3n) is 3.63. The van der Waals surface area contributed by atoms with Gasteiger partial charge in [0.25, 0.3) is 11.6 Å². The van der Waals surface area contributed by atoms with Crippen LogP contribution in [0.15, 0.2) is 28.8 Å². The van der Waals surface area contributed by atoms with Crippen LogP contribution in [-0.4, -0.2) is 15.1 Å². The molecule has 1 aromatic carbocycles. The number of non-ortho nitro benzene ring substituents is 1. The molecule has 1 aromatic heterocycles. The molecule has 0 spiro atoms. The number of nitro groups is 1. The first-order valence-electron chi connectivity index (χ1n) is 6.62. The third kappa shape index (κ3) is 2.68. The first-order valence-corrected chi connectivity index (χ1v) is 6.62. The SMILES string of the molecule is NC1(c2noc(/C=C/c3cccc([N+](=O)[O-])c3)n2)CCC1. The van der Waals surface area contributed by atoms with Crippen molar-refractivity contribution in [3.63, 3.8) is 0 Å². The molecule has 0 saturated heterocycles. The van der Waals surface area contributed by atoms with E-state index in [0.29, 0.717) is 17.3 Å². The number of hydrogen-bond donors (Lipinski definition) is 1. The molecule has 0 aliphatic heterocycles. The van der Waals surface area contributed by atoms with Gasteiger partial charge in [-0.3, -0.25) is 10.1 Å². The van der Waals surface area contributed by atoms with Crippen LogP contribution in [-0.2, 0) is 5.54 Å². The Morgan fingerprint density at radius 1 is 1.38 bits per heavy atom. The molecule has 0 atom stereocenters. The molecule has 0 radical (unpaired) electrons. The van der Waals surface area contributed by atoms with Crippen LogP contribution in [0.25, 0.3) is 12.2 Å². The van der Waals surface area contributed by atoms with Gasteiger partial charge in [0, 0.05) is 18.2 Å². The Bertz CT molecular complexity index is 704. The van der Waals surface area contributed by atoms with Gasteiger partial charge in [-0.05, 0) is 30.9 Å². The Morgan fingerprint density at radius 3 is 2.86 bits per heavy atom. The highest BCUT2D eigenvalue weighted by Crippen LogP contribution is 2.36. The van der Waals surface area contributed by atoms with Crippen LogP contribution in [0, 0.1) is 10.1 Å². The third-order valence-corrected chi connectivity index (χ3v) is 3.63. The molecule has 1 fully saturated rings. The monoisotopic (exact) mass is 286 g/mol. The average molecular weight is 286 g/mol. The van der Waals surface area contributed by atoms with Crippen LogP contribution in [0.5, 0.6) is 0 Å². The van der Waals surface area contributed by atoms with Gasteiger partial charge in [-0.1, -0.05) is 17.3 Å².